The summed E-state index contributed by atoms with van der Waals surface area (Å²) in [6, 6.07) is -4.57. The van der Waals surface area contributed by atoms with Crippen molar-refractivity contribution in [1.82, 2.24) is 0 Å². The maximum absolute atomic E-state index is 12.8. The lowest BCUT2D eigenvalue weighted by Gasteiger charge is -2.33. The SMILES string of the molecule is O=C(F)C(F)(C(F)(F)C(F)(F)C(F)(F)F)S(=O)(=O)F. The van der Waals surface area contributed by atoms with Gasteiger partial charge in [0.15, 0.2) is 0 Å². The molecule has 0 fully saturated rings. The van der Waals surface area contributed by atoms with Crippen molar-refractivity contribution < 1.29 is 56.6 Å². The van der Waals surface area contributed by atoms with Gasteiger partial charge >= 0.3 is 39.3 Å². The topological polar surface area (TPSA) is 51.2 Å². The van der Waals surface area contributed by atoms with Crippen molar-refractivity contribution in [3.8, 4) is 0 Å². The molecule has 0 spiro atoms. The summed E-state index contributed by atoms with van der Waals surface area (Å²) in [5, 5.41) is -7.03. The molecule has 0 rings (SSSR count). The van der Waals surface area contributed by atoms with Crippen LogP contribution in [0.3, 0.4) is 0 Å². The molecule has 0 aliphatic carbocycles. The molecule has 14 heteroatoms. The highest BCUT2D eigenvalue weighted by molar-refractivity contribution is 7.88. The summed E-state index contributed by atoms with van der Waals surface area (Å²) in [4.78, 5) is 9.69. The Bertz CT molecular complexity index is 478. The van der Waals surface area contributed by atoms with Gasteiger partial charge in [0.1, 0.15) is 0 Å². The Morgan fingerprint density at radius 2 is 1.11 bits per heavy atom. The molecule has 0 saturated heterocycles. The Kier molecular flexibility index (Phi) is 3.97. The second-order valence-electron chi connectivity index (χ2n) is 2.95. The van der Waals surface area contributed by atoms with Gasteiger partial charge in [0.05, 0.1) is 0 Å². The molecule has 0 saturated carbocycles. The van der Waals surface area contributed by atoms with Crippen LogP contribution in [0.5, 0.6) is 0 Å². The number of alkyl halides is 8. The molecule has 3 nitrogen and oxygen atoms in total. The van der Waals surface area contributed by atoms with E-state index in [4.69, 9.17) is 0 Å². The van der Waals surface area contributed by atoms with E-state index in [0.29, 0.717) is 0 Å². The van der Waals surface area contributed by atoms with Crippen LogP contribution in [0.1, 0.15) is 0 Å². The van der Waals surface area contributed by atoms with Crippen molar-refractivity contribution in [3.63, 3.8) is 0 Å². The average molecular weight is 330 g/mol. The van der Waals surface area contributed by atoms with Crippen LogP contribution in [0, 0.1) is 0 Å². The molecule has 0 aromatic rings. The highest BCUT2D eigenvalue weighted by atomic mass is 32.3. The summed E-state index contributed by atoms with van der Waals surface area (Å²) in [7, 11) is -7.79. The maximum Gasteiger partial charge on any atom is 0.460 e. The summed E-state index contributed by atoms with van der Waals surface area (Å²) in [6.45, 7) is 0. The van der Waals surface area contributed by atoms with E-state index in [0.717, 1.165) is 0 Å². The highest BCUT2D eigenvalue weighted by Crippen LogP contribution is 2.54. The lowest BCUT2D eigenvalue weighted by atomic mass is 10.1. The third-order valence-corrected chi connectivity index (χ3v) is 2.83. The van der Waals surface area contributed by atoms with Crippen LogP contribution < -0.4 is 0 Å². The Morgan fingerprint density at radius 1 is 0.789 bits per heavy atom. The first-order chi connectivity index (χ1) is 7.94. The molecule has 114 valence electrons. The second kappa shape index (κ2) is 4.21. The first-order valence-corrected chi connectivity index (χ1v) is 4.98. The molecular formula is C5F10O3S. The molecular weight excluding hydrogens is 330 g/mol. The van der Waals surface area contributed by atoms with Crippen molar-refractivity contribution in [2.24, 2.45) is 0 Å². The fourth-order valence-electron chi connectivity index (χ4n) is 0.752. The van der Waals surface area contributed by atoms with Gasteiger partial charge in [-0.25, -0.2) is 4.39 Å². The minimum absolute atomic E-state index is 4.57. The molecule has 0 aromatic heterocycles. The summed E-state index contributed by atoms with van der Waals surface area (Å²) in [5.41, 5.74) is 0. The minimum Gasteiger partial charge on any atom is -0.256 e. The summed E-state index contributed by atoms with van der Waals surface area (Å²) >= 11 is 0. The summed E-state index contributed by atoms with van der Waals surface area (Å²) < 4.78 is 141. The third-order valence-electron chi connectivity index (χ3n) is 1.74. The van der Waals surface area contributed by atoms with Crippen LogP contribution in [0.25, 0.3) is 0 Å². The molecule has 1 atom stereocenters. The van der Waals surface area contributed by atoms with Gasteiger partial charge in [0.25, 0.3) is 0 Å². The molecule has 0 aliphatic rings. The van der Waals surface area contributed by atoms with E-state index >= 15 is 0 Å². The second-order valence-corrected chi connectivity index (χ2v) is 4.39. The van der Waals surface area contributed by atoms with Crippen molar-refractivity contribution in [2.75, 3.05) is 0 Å². The van der Waals surface area contributed by atoms with E-state index in [-0.39, 0.29) is 0 Å². The number of rotatable bonds is 4. The molecule has 0 radical (unpaired) electrons. The first-order valence-electron chi connectivity index (χ1n) is 3.60. The quantitative estimate of drug-likeness (QED) is 0.587. The fourth-order valence-corrected chi connectivity index (χ4v) is 1.38. The third kappa shape index (κ3) is 2.25. The molecule has 0 aliphatic heterocycles. The van der Waals surface area contributed by atoms with E-state index in [9.17, 15) is 56.6 Å². The Balaban J connectivity index is 6.38. The zero-order valence-corrected chi connectivity index (χ0v) is 8.73. The van der Waals surface area contributed by atoms with Crippen molar-refractivity contribution in [2.45, 2.75) is 23.0 Å². The van der Waals surface area contributed by atoms with Crippen LogP contribution in [-0.2, 0) is 15.0 Å². The van der Waals surface area contributed by atoms with E-state index in [1.165, 1.54) is 0 Å². The standard InChI is InChI=1S/C5F10O3S/c6-1(16)2(7,19(15,17)18)3(8,9)4(10,11)5(12,13)14. The molecule has 19 heavy (non-hydrogen) atoms. The average Bonchev–Trinajstić information content (AvgIpc) is 2.11. The predicted octanol–water partition coefficient (Wildman–Crippen LogP) is 2.28. The number of halogens is 10. The van der Waals surface area contributed by atoms with Crippen LogP contribution in [-0.4, -0.2) is 37.5 Å². The monoisotopic (exact) mass is 330 g/mol. The van der Waals surface area contributed by atoms with Crippen LogP contribution in [0.15, 0.2) is 0 Å². The van der Waals surface area contributed by atoms with Gasteiger partial charge < -0.3 is 0 Å². The lowest BCUT2D eigenvalue weighted by Crippen LogP contribution is -2.66. The van der Waals surface area contributed by atoms with E-state index < -0.39 is 39.3 Å². The largest absolute Gasteiger partial charge is 0.460 e. The number of hydrogen-bond acceptors (Lipinski definition) is 3. The number of hydrogen-bond donors (Lipinski definition) is 0. The molecule has 0 amide bonds. The molecule has 1 unspecified atom stereocenters. The van der Waals surface area contributed by atoms with Gasteiger partial charge in [-0.05, 0) is 0 Å². The van der Waals surface area contributed by atoms with Gasteiger partial charge in [-0.2, -0.15) is 43.5 Å². The fraction of sp³-hybridized carbons (Fsp3) is 0.800. The van der Waals surface area contributed by atoms with Crippen molar-refractivity contribution >= 4 is 16.3 Å². The summed E-state index contributed by atoms with van der Waals surface area (Å²) in [6.07, 6.45) is -7.28. The lowest BCUT2D eigenvalue weighted by molar-refractivity contribution is -0.367. The normalized spacial score (nSPS) is 18.0. The van der Waals surface area contributed by atoms with E-state index in [1.54, 1.807) is 0 Å². The number of carbonyl (C=O) groups is 1. The Labute approximate surface area is 96.9 Å². The van der Waals surface area contributed by atoms with Gasteiger partial charge in [-0.15, -0.1) is 3.89 Å². The minimum atomic E-state index is -7.79. The van der Waals surface area contributed by atoms with Crippen LogP contribution in [0.2, 0.25) is 0 Å². The smallest absolute Gasteiger partial charge is 0.256 e. The van der Waals surface area contributed by atoms with E-state index in [1.807, 2.05) is 0 Å². The Hall–Kier alpha value is -1.08. The maximum atomic E-state index is 12.8. The van der Waals surface area contributed by atoms with Gasteiger partial charge in [-0.3, -0.25) is 4.79 Å². The van der Waals surface area contributed by atoms with Crippen LogP contribution >= 0.6 is 0 Å². The Morgan fingerprint density at radius 3 is 1.26 bits per heavy atom. The zero-order chi connectivity index (χ0) is 16.1. The van der Waals surface area contributed by atoms with Gasteiger partial charge in [0, 0.05) is 0 Å². The van der Waals surface area contributed by atoms with E-state index in [2.05, 4.69) is 0 Å². The summed E-state index contributed by atoms with van der Waals surface area (Å²) in [5.74, 6) is -15.1. The molecule has 0 heterocycles. The highest BCUT2D eigenvalue weighted by Gasteiger charge is 2.87. The van der Waals surface area contributed by atoms with Crippen molar-refractivity contribution in [1.29, 1.82) is 0 Å². The van der Waals surface area contributed by atoms with Crippen molar-refractivity contribution in [3.05, 3.63) is 0 Å². The predicted molar refractivity (Wildman–Crippen MR) is 35.9 cm³/mol. The molecule has 0 aromatic carbocycles. The zero-order valence-electron chi connectivity index (χ0n) is 7.91. The molecule has 0 bridgehead atoms. The molecule has 0 N–H and O–H groups in total. The van der Waals surface area contributed by atoms with Gasteiger partial charge in [0.2, 0.25) is 0 Å². The number of carbonyl (C=O) groups excluding carboxylic acids is 1. The van der Waals surface area contributed by atoms with Crippen LogP contribution in [0.4, 0.5) is 43.4 Å². The first kappa shape index (κ1) is 17.9. The van der Waals surface area contributed by atoms with Gasteiger partial charge in [-0.1, -0.05) is 0 Å².